The molecule has 0 atom stereocenters. The molecule has 5 aromatic carbocycles. The van der Waals surface area contributed by atoms with Gasteiger partial charge in [-0.15, -0.1) is 0 Å². The first-order valence-corrected chi connectivity index (χ1v) is 11.6. The molecule has 6 rings (SSSR count). The van der Waals surface area contributed by atoms with Crippen LogP contribution in [-0.4, -0.2) is 16.0 Å². The van der Waals surface area contributed by atoms with Crippen molar-refractivity contribution in [3.63, 3.8) is 0 Å². The first-order valence-electron chi connectivity index (χ1n) is 10.8. The van der Waals surface area contributed by atoms with E-state index in [4.69, 9.17) is 0 Å². The van der Waals surface area contributed by atoms with Crippen LogP contribution in [0.2, 0.25) is 0 Å². The van der Waals surface area contributed by atoms with Gasteiger partial charge in [0.1, 0.15) is 0 Å². The molecule has 33 heavy (non-hydrogen) atoms. The lowest BCUT2D eigenvalue weighted by Gasteiger charge is -2.14. The number of nitrogens with zero attached hydrogens (tertiary/aromatic N) is 1. The Bertz CT molecular complexity index is 1560. The number of fused-ring (bicyclic) bond motifs is 3. The Morgan fingerprint density at radius 1 is 0.667 bits per heavy atom. The topological polar surface area (TPSA) is 37.4 Å². The quantitative estimate of drug-likeness (QED) is 0.215. The standard InChI is InChI=1S/C29H19NO2S/c31-28-27(17-26-24-14-5-2-9-20(24)16-21-10-3-6-15-25(21)26)33-29(32)30(28)18-22-12-7-11-19-8-1-4-13-23(19)22/h1-17H,18H2/b27-17-. The Hall–Kier alpha value is -3.89. The molecule has 1 heterocycles. The predicted molar refractivity (Wildman–Crippen MR) is 137 cm³/mol. The first-order chi connectivity index (χ1) is 16.2. The number of thioether (sulfide) groups is 1. The average Bonchev–Trinajstić information content (AvgIpc) is 3.11. The lowest BCUT2D eigenvalue weighted by atomic mass is 9.96. The van der Waals surface area contributed by atoms with Crippen LogP contribution in [0.5, 0.6) is 0 Å². The van der Waals surface area contributed by atoms with Crippen LogP contribution in [0.4, 0.5) is 4.79 Å². The smallest absolute Gasteiger partial charge is 0.268 e. The van der Waals surface area contributed by atoms with Gasteiger partial charge in [-0.1, -0.05) is 91.0 Å². The van der Waals surface area contributed by atoms with Gasteiger partial charge in [0, 0.05) is 0 Å². The van der Waals surface area contributed by atoms with Gasteiger partial charge in [0.25, 0.3) is 11.1 Å². The van der Waals surface area contributed by atoms with E-state index in [0.717, 1.165) is 55.2 Å². The summed E-state index contributed by atoms with van der Waals surface area (Å²) in [6.45, 7) is 0.264. The monoisotopic (exact) mass is 445 g/mol. The molecule has 0 N–H and O–H groups in total. The van der Waals surface area contributed by atoms with Gasteiger partial charge in [-0.3, -0.25) is 14.5 Å². The van der Waals surface area contributed by atoms with Crippen LogP contribution in [0, 0.1) is 0 Å². The van der Waals surface area contributed by atoms with Crippen molar-refractivity contribution in [2.45, 2.75) is 6.54 Å². The molecule has 3 nitrogen and oxygen atoms in total. The molecule has 5 aromatic rings. The molecule has 1 aliphatic heterocycles. The lowest BCUT2D eigenvalue weighted by molar-refractivity contribution is -0.123. The van der Waals surface area contributed by atoms with Crippen molar-refractivity contribution in [1.82, 2.24) is 4.90 Å². The summed E-state index contributed by atoms with van der Waals surface area (Å²) < 4.78 is 0. The number of imide groups is 1. The summed E-state index contributed by atoms with van der Waals surface area (Å²) >= 11 is 1.02. The van der Waals surface area contributed by atoms with Gasteiger partial charge in [0.05, 0.1) is 11.4 Å². The van der Waals surface area contributed by atoms with Crippen molar-refractivity contribution in [2.24, 2.45) is 0 Å². The molecule has 0 saturated carbocycles. The Morgan fingerprint density at radius 3 is 1.94 bits per heavy atom. The molecule has 2 amide bonds. The van der Waals surface area contributed by atoms with E-state index in [9.17, 15) is 9.59 Å². The first kappa shape index (κ1) is 19.8. The molecule has 158 valence electrons. The number of hydrogen-bond acceptors (Lipinski definition) is 3. The number of carbonyl (C=O) groups is 2. The lowest BCUT2D eigenvalue weighted by Crippen LogP contribution is -2.27. The van der Waals surface area contributed by atoms with Gasteiger partial charge < -0.3 is 0 Å². The Morgan fingerprint density at radius 2 is 1.24 bits per heavy atom. The molecular weight excluding hydrogens is 426 g/mol. The number of hydrogen-bond donors (Lipinski definition) is 0. The fourth-order valence-corrected chi connectivity index (χ4v) is 5.39. The number of amides is 2. The van der Waals surface area contributed by atoms with Crippen LogP contribution in [0.15, 0.2) is 102 Å². The van der Waals surface area contributed by atoms with Gasteiger partial charge in [-0.2, -0.15) is 0 Å². The summed E-state index contributed by atoms with van der Waals surface area (Å²) in [6.07, 6.45) is 1.89. The average molecular weight is 446 g/mol. The molecule has 0 unspecified atom stereocenters. The third-order valence-electron chi connectivity index (χ3n) is 6.17. The van der Waals surface area contributed by atoms with E-state index in [-0.39, 0.29) is 17.7 Å². The highest BCUT2D eigenvalue weighted by Crippen LogP contribution is 2.37. The minimum absolute atomic E-state index is 0.233. The van der Waals surface area contributed by atoms with Crippen LogP contribution in [0.1, 0.15) is 11.1 Å². The summed E-state index contributed by atoms with van der Waals surface area (Å²) in [5, 5.41) is 6.27. The minimum Gasteiger partial charge on any atom is -0.268 e. The maximum Gasteiger partial charge on any atom is 0.293 e. The second-order valence-electron chi connectivity index (χ2n) is 8.14. The van der Waals surface area contributed by atoms with E-state index in [1.54, 1.807) is 0 Å². The van der Waals surface area contributed by atoms with Gasteiger partial charge in [-0.25, -0.2) is 0 Å². The van der Waals surface area contributed by atoms with Gasteiger partial charge >= 0.3 is 0 Å². The SMILES string of the molecule is O=C1S/C(=C\c2c3ccccc3cc3ccccc23)C(=O)N1Cc1cccc2ccccc12. The summed E-state index contributed by atoms with van der Waals surface area (Å²) in [5.74, 6) is -0.241. The molecule has 0 radical (unpaired) electrons. The summed E-state index contributed by atoms with van der Waals surface area (Å²) in [4.78, 5) is 28.0. The zero-order valence-electron chi connectivity index (χ0n) is 17.7. The van der Waals surface area contributed by atoms with Crippen molar-refractivity contribution < 1.29 is 9.59 Å². The number of carbonyl (C=O) groups excluding carboxylic acids is 2. The second kappa shape index (κ2) is 7.91. The zero-order valence-corrected chi connectivity index (χ0v) is 18.5. The van der Waals surface area contributed by atoms with Crippen LogP contribution in [0.25, 0.3) is 38.4 Å². The van der Waals surface area contributed by atoms with Crippen molar-refractivity contribution in [3.8, 4) is 0 Å². The van der Waals surface area contributed by atoms with Gasteiger partial charge in [0.15, 0.2) is 0 Å². The highest BCUT2D eigenvalue weighted by Gasteiger charge is 2.35. The maximum atomic E-state index is 13.3. The van der Waals surface area contributed by atoms with Crippen molar-refractivity contribution >= 4 is 61.3 Å². The Labute approximate surface area is 195 Å². The van der Waals surface area contributed by atoms with Crippen LogP contribution < -0.4 is 0 Å². The number of rotatable bonds is 3. The fourth-order valence-electron chi connectivity index (χ4n) is 4.57. The van der Waals surface area contributed by atoms with Gasteiger partial charge in [0.2, 0.25) is 0 Å². The molecule has 0 aliphatic carbocycles. The molecular formula is C29H19NO2S. The maximum absolute atomic E-state index is 13.3. The molecule has 1 aliphatic rings. The van der Waals surface area contributed by atoms with Crippen molar-refractivity contribution in [2.75, 3.05) is 0 Å². The molecule has 0 aromatic heterocycles. The summed E-state index contributed by atoms with van der Waals surface area (Å²) in [5.41, 5.74) is 1.94. The minimum atomic E-state index is -0.241. The Kier molecular flexibility index (Phi) is 4.74. The van der Waals surface area contributed by atoms with Crippen LogP contribution in [-0.2, 0) is 11.3 Å². The molecule has 1 saturated heterocycles. The van der Waals surface area contributed by atoms with Gasteiger partial charge in [-0.05, 0) is 67.3 Å². The highest BCUT2D eigenvalue weighted by atomic mass is 32.2. The van der Waals surface area contributed by atoms with E-state index in [2.05, 4.69) is 30.3 Å². The fraction of sp³-hybridized carbons (Fsp3) is 0.0345. The summed E-state index contributed by atoms with van der Waals surface area (Å²) in [6, 6.07) is 32.5. The van der Waals surface area contributed by atoms with E-state index < -0.39 is 0 Å². The van der Waals surface area contributed by atoms with Crippen LogP contribution in [0.3, 0.4) is 0 Å². The predicted octanol–water partition coefficient (Wildman–Crippen LogP) is 7.38. The van der Waals surface area contributed by atoms with E-state index in [1.165, 1.54) is 4.90 Å². The normalized spacial score (nSPS) is 15.4. The molecule has 0 bridgehead atoms. The Balaban J connectivity index is 1.43. The summed E-state index contributed by atoms with van der Waals surface area (Å²) in [7, 11) is 0. The van der Waals surface area contributed by atoms with E-state index >= 15 is 0 Å². The molecule has 0 spiro atoms. The van der Waals surface area contributed by atoms with Crippen molar-refractivity contribution in [1.29, 1.82) is 0 Å². The van der Waals surface area contributed by atoms with E-state index in [1.807, 2.05) is 72.8 Å². The third-order valence-corrected chi connectivity index (χ3v) is 7.08. The molecule has 1 fully saturated rings. The number of benzene rings is 5. The largest absolute Gasteiger partial charge is 0.293 e. The van der Waals surface area contributed by atoms with E-state index in [0.29, 0.717) is 4.91 Å². The van der Waals surface area contributed by atoms with Crippen LogP contribution >= 0.6 is 11.8 Å². The third kappa shape index (κ3) is 3.40. The highest BCUT2D eigenvalue weighted by molar-refractivity contribution is 8.18. The second-order valence-corrected chi connectivity index (χ2v) is 9.13. The van der Waals surface area contributed by atoms with Crippen molar-refractivity contribution in [3.05, 3.63) is 113 Å². The zero-order chi connectivity index (χ0) is 22.4. The molecule has 4 heteroatoms.